The minimum atomic E-state index is 0.380. The molecule has 0 saturated heterocycles. The Morgan fingerprint density at radius 2 is 2.00 bits per heavy atom. The summed E-state index contributed by atoms with van der Waals surface area (Å²) in [7, 11) is 0. The van der Waals surface area contributed by atoms with Crippen LogP contribution >= 0.6 is 22.9 Å². The van der Waals surface area contributed by atoms with Crippen LogP contribution < -0.4 is 5.32 Å². The van der Waals surface area contributed by atoms with Crippen molar-refractivity contribution in [2.75, 3.05) is 5.32 Å². The van der Waals surface area contributed by atoms with E-state index in [4.69, 9.17) is 0 Å². The fraction of sp³-hybridized carbons (Fsp3) is 0.545. The predicted molar refractivity (Wildman–Crippen MR) is 72.9 cm³/mol. The van der Waals surface area contributed by atoms with Gasteiger partial charge in [0, 0.05) is 22.3 Å². The van der Waals surface area contributed by atoms with Gasteiger partial charge in [-0.15, -0.1) is 11.3 Å². The SMILES string of the molecule is Cc1nc(CNc2nc(C(C)C)ns2)c(C)s1. The number of rotatable bonds is 4. The Morgan fingerprint density at radius 1 is 1.24 bits per heavy atom. The lowest BCUT2D eigenvalue weighted by atomic mass is 10.2. The average molecular weight is 268 g/mol. The topological polar surface area (TPSA) is 50.7 Å². The van der Waals surface area contributed by atoms with Gasteiger partial charge in [-0.05, 0) is 13.8 Å². The highest BCUT2D eigenvalue weighted by Crippen LogP contribution is 2.20. The fourth-order valence-electron chi connectivity index (χ4n) is 1.44. The van der Waals surface area contributed by atoms with E-state index in [1.54, 1.807) is 11.3 Å². The van der Waals surface area contributed by atoms with E-state index in [0.717, 1.165) is 28.2 Å². The van der Waals surface area contributed by atoms with Gasteiger partial charge in [-0.25, -0.2) is 9.97 Å². The van der Waals surface area contributed by atoms with E-state index in [1.807, 2.05) is 6.92 Å². The Labute approximate surface area is 109 Å². The van der Waals surface area contributed by atoms with Gasteiger partial charge in [0.1, 0.15) is 5.82 Å². The predicted octanol–water partition coefficient (Wildman–Crippen LogP) is 3.35. The van der Waals surface area contributed by atoms with Crippen LogP contribution in [0.1, 0.15) is 41.2 Å². The quantitative estimate of drug-likeness (QED) is 0.924. The lowest BCUT2D eigenvalue weighted by Gasteiger charge is -2.00. The molecular weight excluding hydrogens is 252 g/mol. The van der Waals surface area contributed by atoms with Crippen molar-refractivity contribution in [1.82, 2.24) is 14.3 Å². The number of aromatic nitrogens is 3. The zero-order valence-electron chi connectivity index (χ0n) is 10.4. The van der Waals surface area contributed by atoms with Crippen LogP contribution in [0, 0.1) is 13.8 Å². The summed E-state index contributed by atoms with van der Waals surface area (Å²) < 4.78 is 4.31. The fourth-order valence-corrected chi connectivity index (χ4v) is 2.97. The minimum absolute atomic E-state index is 0.380. The van der Waals surface area contributed by atoms with E-state index in [1.165, 1.54) is 16.4 Å². The molecule has 2 aromatic rings. The molecule has 0 atom stereocenters. The van der Waals surface area contributed by atoms with Crippen molar-refractivity contribution in [2.45, 2.75) is 40.2 Å². The van der Waals surface area contributed by atoms with E-state index in [9.17, 15) is 0 Å². The van der Waals surface area contributed by atoms with E-state index in [0.29, 0.717) is 5.92 Å². The summed E-state index contributed by atoms with van der Waals surface area (Å²) in [6, 6.07) is 0. The van der Waals surface area contributed by atoms with Crippen LogP contribution in [0.25, 0.3) is 0 Å². The van der Waals surface area contributed by atoms with Crippen molar-refractivity contribution in [3.05, 3.63) is 21.4 Å². The second kappa shape index (κ2) is 5.10. The highest BCUT2D eigenvalue weighted by atomic mass is 32.1. The minimum Gasteiger partial charge on any atom is -0.355 e. The number of anilines is 1. The Bertz CT molecular complexity index is 501. The maximum Gasteiger partial charge on any atom is 0.202 e. The molecule has 0 spiro atoms. The lowest BCUT2D eigenvalue weighted by molar-refractivity contribution is 0.799. The molecule has 0 aliphatic heterocycles. The van der Waals surface area contributed by atoms with Crippen LogP contribution in [-0.4, -0.2) is 14.3 Å². The second-order valence-corrected chi connectivity index (χ2v) is 6.36. The van der Waals surface area contributed by atoms with Gasteiger partial charge in [-0.1, -0.05) is 13.8 Å². The van der Waals surface area contributed by atoms with Crippen LogP contribution in [0.15, 0.2) is 0 Å². The van der Waals surface area contributed by atoms with Crippen molar-refractivity contribution in [3.63, 3.8) is 0 Å². The first-order valence-electron chi connectivity index (χ1n) is 5.56. The third-order valence-corrected chi connectivity index (χ3v) is 3.98. The van der Waals surface area contributed by atoms with E-state index in [2.05, 4.69) is 40.4 Å². The molecule has 0 saturated carbocycles. The summed E-state index contributed by atoms with van der Waals surface area (Å²) in [4.78, 5) is 10.2. The van der Waals surface area contributed by atoms with Gasteiger partial charge in [0.15, 0.2) is 0 Å². The standard InChI is InChI=1S/C11H16N4S2/c1-6(2)10-14-11(17-15-10)12-5-9-7(3)16-8(4)13-9/h6H,5H2,1-4H3,(H,12,14,15). The summed E-state index contributed by atoms with van der Waals surface area (Å²) in [5.41, 5.74) is 1.11. The molecule has 0 unspecified atom stereocenters. The number of nitrogens with zero attached hydrogens (tertiary/aromatic N) is 3. The Kier molecular flexibility index (Phi) is 3.73. The molecule has 0 aromatic carbocycles. The summed E-state index contributed by atoms with van der Waals surface area (Å²) >= 11 is 3.14. The van der Waals surface area contributed by atoms with Crippen molar-refractivity contribution in [3.8, 4) is 0 Å². The lowest BCUT2D eigenvalue weighted by Crippen LogP contribution is -2.01. The molecule has 0 amide bonds. The van der Waals surface area contributed by atoms with Crippen LogP contribution in [0.3, 0.4) is 0 Å². The van der Waals surface area contributed by atoms with Crippen molar-refractivity contribution in [1.29, 1.82) is 0 Å². The Morgan fingerprint density at radius 3 is 2.53 bits per heavy atom. The van der Waals surface area contributed by atoms with Gasteiger partial charge in [0.2, 0.25) is 5.13 Å². The molecule has 2 heterocycles. The highest BCUT2D eigenvalue weighted by molar-refractivity contribution is 7.11. The number of thiazole rings is 1. The molecule has 0 fully saturated rings. The zero-order valence-corrected chi connectivity index (χ0v) is 12.1. The molecule has 0 aliphatic carbocycles. The van der Waals surface area contributed by atoms with E-state index < -0.39 is 0 Å². The number of hydrogen-bond acceptors (Lipinski definition) is 6. The number of hydrogen-bond donors (Lipinski definition) is 1. The largest absolute Gasteiger partial charge is 0.355 e. The third-order valence-electron chi connectivity index (χ3n) is 2.36. The van der Waals surface area contributed by atoms with Gasteiger partial charge in [-0.2, -0.15) is 4.37 Å². The van der Waals surface area contributed by atoms with Crippen LogP contribution in [0.4, 0.5) is 5.13 Å². The molecule has 92 valence electrons. The molecule has 0 bridgehead atoms. The Balaban J connectivity index is 2.00. The van der Waals surface area contributed by atoms with Gasteiger partial charge in [-0.3, -0.25) is 0 Å². The molecule has 1 N–H and O–H groups in total. The first-order chi connectivity index (χ1) is 8.06. The Hall–Kier alpha value is -1.01. The average Bonchev–Trinajstić information content (AvgIpc) is 2.82. The number of nitrogens with one attached hydrogen (secondary N) is 1. The number of aryl methyl sites for hydroxylation is 2. The second-order valence-electron chi connectivity index (χ2n) is 4.20. The maximum atomic E-state index is 4.48. The van der Waals surface area contributed by atoms with Crippen molar-refractivity contribution >= 4 is 28.0 Å². The molecule has 4 nitrogen and oxygen atoms in total. The van der Waals surface area contributed by atoms with Gasteiger partial charge < -0.3 is 5.32 Å². The van der Waals surface area contributed by atoms with Crippen LogP contribution in [0.2, 0.25) is 0 Å². The van der Waals surface area contributed by atoms with E-state index in [-0.39, 0.29) is 0 Å². The van der Waals surface area contributed by atoms with Gasteiger partial charge >= 0.3 is 0 Å². The maximum absolute atomic E-state index is 4.48. The zero-order chi connectivity index (χ0) is 12.4. The molecule has 2 rings (SSSR count). The van der Waals surface area contributed by atoms with Crippen LogP contribution in [-0.2, 0) is 6.54 Å². The molecule has 17 heavy (non-hydrogen) atoms. The monoisotopic (exact) mass is 268 g/mol. The normalized spacial score (nSPS) is 11.1. The van der Waals surface area contributed by atoms with Crippen molar-refractivity contribution in [2.24, 2.45) is 0 Å². The smallest absolute Gasteiger partial charge is 0.202 e. The molecule has 0 aliphatic rings. The molecule has 2 aromatic heterocycles. The van der Waals surface area contributed by atoms with Crippen LogP contribution in [0.5, 0.6) is 0 Å². The summed E-state index contributed by atoms with van der Waals surface area (Å²) in [6.45, 7) is 9.05. The summed E-state index contributed by atoms with van der Waals surface area (Å²) in [5, 5.41) is 5.26. The first-order valence-corrected chi connectivity index (χ1v) is 7.15. The highest BCUT2D eigenvalue weighted by Gasteiger charge is 2.09. The molecule has 6 heteroatoms. The summed E-state index contributed by atoms with van der Waals surface area (Å²) in [6.07, 6.45) is 0. The molecular formula is C11H16N4S2. The third kappa shape index (κ3) is 3.01. The van der Waals surface area contributed by atoms with Gasteiger partial charge in [0.05, 0.1) is 17.2 Å². The summed E-state index contributed by atoms with van der Waals surface area (Å²) in [5.74, 6) is 1.29. The van der Waals surface area contributed by atoms with E-state index >= 15 is 0 Å². The molecule has 0 radical (unpaired) electrons. The first kappa shape index (κ1) is 12.4. The van der Waals surface area contributed by atoms with Crippen molar-refractivity contribution < 1.29 is 0 Å². The van der Waals surface area contributed by atoms with Gasteiger partial charge in [0.25, 0.3) is 0 Å².